The van der Waals surface area contributed by atoms with E-state index >= 15 is 0 Å². The van der Waals surface area contributed by atoms with Gasteiger partial charge in [0.15, 0.2) is 0 Å². The molecule has 0 aromatic heterocycles. The normalized spacial score (nSPS) is 51.1. The molecule has 5 saturated carbocycles. The molecule has 7 bridgehead atoms. The summed E-state index contributed by atoms with van der Waals surface area (Å²) in [5.74, 6) is -1.06. The SMILES string of the molecule is CCN1C[C@]2(OC(=O)c3ccccc3N)CC[C@H](OC)C34C1C(C[C@@H]32)[C@@]1(O)C[C@H](OC)[C@H]2C[C@@H]4[C@]1(O)[C@H]2OC. The molecule has 1 aromatic carbocycles. The van der Waals surface area contributed by atoms with Crippen molar-refractivity contribution >= 4 is 11.7 Å². The number of hydrogen-bond donors (Lipinski definition) is 3. The van der Waals surface area contributed by atoms with Crippen LogP contribution in [0.4, 0.5) is 5.69 Å². The molecule has 1 heterocycles. The van der Waals surface area contributed by atoms with E-state index in [0.29, 0.717) is 49.9 Å². The van der Waals surface area contributed by atoms with Gasteiger partial charge in [0.1, 0.15) is 16.8 Å². The number of nitrogen functional groups attached to an aromatic ring is 1. The molecule has 7 rings (SSSR count). The first kappa shape index (κ1) is 26.2. The number of carbonyl (C=O) groups excluding carboxylic acids is 1. The van der Waals surface area contributed by atoms with Gasteiger partial charge in [-0.15, -0.1) is 0 Å². The van der Waals surface area contributed by atoms with Gasteiger partial charge in [0.05, 0.1) is 23.9 Å². The Balaban J connectivity index is 1.42. The molecule has 1 aliphatic heterocycles. The number of likely N-dealkylation sites (tertiary alicyclic amines) is 1. The van der Waals surface area contributed by atoms with Crippen LogP contribution in [0.15, 0.2) is 24.3 Å². The molecule has 9 heteroatoms. The average molecular weight is 543 g/mol. The second kappa shape index (κ2) is 8.39. The molecule has 1 aromatic rings. The van der Waals surface area contributed by atoms with Crippen molar-refractivity contribution in [3.05, 3.63) is 29.8 Å². The fourth-order valence-electron chi connectivity index (χ4n) is 11.3. The number of ether oxygens (including phenoxy) is 4. The molecule has 39 heavy (non-hydrogen) atoms. The van der Waals surface area contributed by atoms with Gasteiger partial charge in [-0.2, -0.15) is 0 Å². The maximum Gasteiger partial charge on any atom is 0.340 e. The molecule has 5 aliphatic carbocycles. The zero-order chi connectivity index (χ0) is 27.5. The number of esters is 1. The van der Waals surface area contributed by atoms with Gasteiger partial charge < -0.3 is 34.9 Å². The van der Waals surface area contributed by atoms with Gasteiger partial charge in [0.2, 0.25) is 0 Å². The minimum atomic E-state index is -1.44. The Morgan fingerprint density at radius 3 is 2.54 bits per heavy atom. The van der Waals surface area contributed by atoms with Gasteiger partial charge in [0, 0.05) is 75.1 Å². The van der Waals surface area contributed by atoms with Gasteiger partial charge in [-0.3, -0.25) is 4.90 Å². The number of hydrogen-bond acceptors (Lipinski definition) is 9. The molecule has 214 valence electrons. The number of anilines is 1. The van der Waals surface area contributed by atoms with Crippen molar-refractivity contribution < 1.29 is 34.0 Å². The van der Waals surface area contributed by atoms with Crippen LogP contribution in [0, 0.1) is 29.1 Å². The standard InChI is InChI=1S/C30H42N2O7/c1-5-32-15-27(39-26(33)16-8-6-7-9-19(16)31)11-10-23(37-3)29-21(27)13-18(24(29)32)28(34)14-20(36-2)17-12-22(29)30(28,35)25(17)38-4/h6-9,17-18,20-25,34-35H,5,10-15,31H2,1-4H3/t17-,18?,20+,21-,22+,23+,24?,25+,27-,28+,29?,30+/m1/s1. The van der Waals surface area contributed by atoms with Crippen LogP contribution < -0.4 is 5.73 Å². The lowest BCUT2D eigenvalue weighted by Gasteiger charge is -2.70. The van der Waals surface area contributed by atoms with E-state index < -0.39 is 34.3 Å². The number of likely N-dealkylation sites (N-methyl/N-ethyl adjacent to an activating group) is 1. The molecule has 4 N–H and O–H groups in total. The van der Waals surface area contributed by atoms with Crippen LogP contribution in [0.1, 0.15) is 49.4 Å². The van der Waals surface area contributed by atoms with E-state index in [0.717, 1.165) is 6.54 Å². The number of para-hydroxylation sites is 1. The first-order valence-electron chi connectivity index (χ1n) is 14.5. The third-order valence-electron chi connectivity index (χ3n) is 12.4. The van der Waals surface area contributed by atoms with E-state index in [1.165, 1.54) is 0 Å². The first-order chi connectivity index (χ1) is 18.7. The fourth-order valence-corrected chi connectivity index (χ4v) is 11.3. The van der Waals surface area contributed by atoms with Crippen molar-refractivity contribution in [2.75, 3.05) is 40.2 Å². The quantitative estimate of drug-likeness (QED) is 0.365. The Labute approximate surface area is 229 Å². The Morgan fingerprint density at radius 1 is 1.10 bits per heavy atom. The maximum atomic E-state index is 13.7. The van der Waals surface area contributed by atoms with Crippen LogP contribution in [0.25, 0.3) is 0 Å². The predicted octanol–water partition coefficient (Wildman–Crippen LogP) is 1.85. The van der Waals surface area contributed by atoms with Crippen molar-refractivity contribution in [3.8, 4) is 0 Å². The number of carbonyl (C=O) groups is 1. The summed E-state index contributed by atoms with van der Waals surface area (Å²) in [4.78, 5) is 16.1. The minimum Gasteiger partial charge on any atom is -0.454 e. The van der Waals surface area contributed by atoms with Crippen molar-refractivity contribution in [2.45, 2.75) is 80.2 Å². The van der Waals surface area contributed by atoms with Gasteiger partial charge >= 0.3 is 5.97 Å². The van der Waals surface area contributed by atoms with Crippen molar-refractivity contribution in [1.29, 1.82) is 0 Å². The molecule has 9 nitrogen and oxygen atoms in total. The summed E-state index contributed by atoms with van der Waals surface area (Å²) in [6, 6.07) is 7.04. The number of methoxy groups -OCH3 is 3. The van der Waals surface area contributed by atoms with E-state index in [9.17, 15) is 15.0 Å². The highest BCUT2D eigenvalue weighted by atomic mass is 16.6. The number of piperidine rings is 1. The highest BCUT2D eigenvalue weighted by Gasteiger charge is 2.89. The summed E-state index contributed by atoms with van der Waals surface area (Å²) in [6.07, 6.45) is 2.17. The highest BCUT2D eigenvalue weighted by Crippen LogP contribution is 2.79. The number of benzene rings is 1. The third-order valence-corrected chi connectivity index (χ3v) is 12.4. The van der Waals surface area contributed by atoms with Crippen LogP contribution in [0.3, 0.4) is 0 Å². The first-order valence-corrected chi connectivity index (χ1v) is 14.5. The van der Waals surface area contributed by atoms with E-state index in [1.54, 1.807) is 39.5 Å². The molecule has 0 radical (unpaired) electrons. The maximum absolute atomic E-state index is 13.7. The summed E-state index contributed by atoms with van der Waals surface area (Å²) in [6.45, 7) is 3.47. The Bertz CT molecular complexity index is 1180. The molecule has 1 spiro atoms. The smallest absolute Gasteiger partial charge is 0.340 e. The van der Waals surface area contributed by atoms with Gasteiger partial charge in [0.25, 0.3) is 0 Å². The van der Waals surface area contributed by atoms with Gasteiger partial charge in [-0.25, -0.2) is 4.79 Å². The molecular weight excluding hydrogens is 500 g/mol. The monoisotopic (exact) mass is 542 g/mol. The van der Waals surface area contributed by atoms with Crippen LogP contribution in [-0.4, -0.2) is 96.7 Å². The fraction of sp³-hybridized carbons (Fsp3) is 0.767. The van der Waals surface area contributed by atoms with Crippen LogP contribution in [-0.2, 0) is 18.9 Å². The van der Waals surface area contributed by atoms with Crippen LogP contribution in [0.5, 0.6) is 0 Å². The van der Waals surface area contributed by atoms with Crippen molar-refractivity contribution in [3.63, 3.8) is 0 Å². The molecule has 3 unspecified atom stereocenters. The summed E-state index contributed by atoms with van der Waals surface area (Å²) in [5, 5.41) is 25.6. The number of fused-ring (bicyclic) bond motifs is 2. The lowest BCUT2D eigenvalue weighted by Crippen LogP contribution is -2.83. The number of rotatable bonds is 6. The van der Waals surface area contributed by atoms with E-state index in [2.05, 4.69) is 11.8 Å². The van der Waals surface area contributed by atoms with Crippen LogP contribution >= 0.6 is 0 Å². The van der Waals surface area contributed by atoms with Gasteiger partial charge in [-0.05, 0) is 44.4 Å². The second-order valence-electron chi connectivity index (χ2n) is 13.0. The highest BCUT2D eigenvalue weighted by molar-refractivity contribution is 5.95. The third kappa shape index (κ3) is 2.80. The second-order valence-corrected chi connectivity index (χ2v) is 13.0. The molecule has 1 saturated heterocycles. The van der Waals surface area contributed by atoms with Crippen LogP contribution in [0.2, 0.25) is 0 Å². The zero-order valence-electron chi connectivity index (χ0n) is 23.3. The molecular formula is C30H42N2O7. The van der Waals surface area contributed by atoms with Crippen molar-refractivity contribution in [2.24, 2.45) is 29.1 Å². The Hall–Kier alpha value is -1.75. The number of nitrogens with two attached hydrogens (primary N) is 1. The largest absolute Gasteiger partial charge is 0.454 e. The molecule has 0 amide bonds. The summed E-state index contributed by atoms with van der Waals surface area (Å²) >= 11 is 0. The van der Waals surface area contributed by atoms with E-state index in [4.69, 9.17) is 24.7 Å². The number of nitrogens with zero attached hydrogens (tertiary/aromatic N) is 1. The Kier molecular flexibility index (Phi) is 5.63. The zero-order valence-corrected chi connectivity index (χ0v) is 23.3. The van der Waals surface area contributed by atoms with Gasteiger partial charge in [-0.1, -0.05) is 19.1 Å². The Morgan fingerprint density at radius 2 is 1.87 bits per heavy atom. The molecule has 12 atom stereocenters. The summed E-state index contributed by atoms with van der Waals surface area (Å²) in [5.41, 5.74) is 2.84. The lowest BCUT2D eigenvalue weighted by atomic mass is 9.44. The average Bonchev–Trinajstić information content (AvgIpc) is 3.35. The predicted molar refractivity (Wildman–Crippen MR) is 142 cm³/mol. The summed E-state index contributed by atoms with van der Waals surface area (Å²) < 4.78 is 24.9. The summed E-state index contributed by atoms with van der Waals surface area (Å²) in [7, 11) is 5.09. The van der Waals surface area contributed by atoms with E-state index in [-0.39, 0.29) is 41.9 Å². The molecule has 6 fully saturated rings. The molecule has 6 aliphatic rings. The lowest BCUT2D eigenvalue weighted by molar-refractivity contribution is -0.337. The number of aliphatic hydroxyl groups is 2. The minimum absolute atomic E-state index is 0.00601. The topological polar surface area (TPSA) is 124 Å². The van der Waals surface area contributed by atoms with Crippen molar-refractivity contribution in [1.82, 2.24) is 4.90 Å². The van der Waals surface area contributed by atoms with E-state index in [1.807, 2.05) is 6.07 Å².